The summed E-state index contributed by atoms with van der Waals surface area (Å²) in [4.78, 5) is 0. The molecular weight excluding hydrogens is 691 g/mol. The molecule has 3 heteroatoms. The predicted octanol–water partition coefficient (Wildman–Crippen LogP) is 14.3. The molecule has 3 nitrogen and oxygen atoms in total. The monoisotopic (exact) mass is 725 g/mol. The second-order valence-corrected chi connectivity index (χ2v) is 14.9. The third-order valence-electron chi connectivity index (χ3n) is 11.8. The highest BCUT2D eigenvalue weighted by Gasteiger charge is 2.21. The van der Waals surface area contributed by atoms with Crippen LogP contribution in [0.15, 0.2) is 212 Å². The average molecular weight is 726 g/mol. The van der Waals surface area contributed by atoms with Gasteiger partial charge in [0.25, 0.3) is 0 Å². The Kier molecular flexibility index (Phi) is 6.93. The normalized spacial score (nSPS) is 11.9. The molecule has 266 valence electrons. The summed E-state index contributed by atoms with van der Waals surface area (Å²) in [6, 6.07) is 77.3. The lowest BCUT2D eigenvalue weighted by atomic mass is 9.99. The van der Waals surface area contributed by atoms with E-state index >= 15 is 0 Å². The van der Waals surface area contributed by atoms with E-state index in [4.69, 9.17) is 0 Å². The molecule has 0 fully saturated rings. The first-order valence-corrected chi connectivity index (χ1v) is 19.6. The highest BCUT2D eigenvalue weighted by Crippen LogP contribution is 2.44. The highest BCUT2D eigenvalue weighted by molar-refractivity contribution is 6.29. The van der Waals surface area contributed by atoms with Gasteiger partial charge < -0.3 is 13.7 Å². The first kappa shape index (κ1) is 31.7. The van der Waals surface area contributed by atoms with Gasteiger partial charge in [-0.25, -0.2) is 0 Å². The molecule has 0 aliphatic rings. The van der Waals surface area contributed by atoms with Crippen molar-refractivity contribution in [3.8, 4) is 39.3 Å². The molecule has 0 unspecified atom stereocenters. The lowest BCUT2D eigenvalue weighted by molar-refractivity contribution is 1.17. The number of rotatable bonds is 5. The maximum atomic E-state index is 2.46. The molecular formula is C54H35N3. The second kappa shape index (κ2) is 12.5. The Hall–Kier alpha value is -7.62. The van der Waals surface area contributed by atoms with Crippen molar-refractivity contribution < 1.29 is 0 Å². The molecule has 0 saturated carbocycles. The van der Waals surface area contributed by atoms with E-state index in [-0.39, 0.29) is 0 Å². The van der Waals surface area contributed by atoms with Crippen molar-refractivity contribution in [2.45, 2.75) is 0 Å². The maximum absolute atomic E-state index is 2.46. The molecule has 0 spiro atoms. The number of hydrogen-bond acceptors (Lipinski definition) is 0. The van der Waals surface area contributed by atoms with Crippen LogP contribution in [-0.2, 0) is 0 Å². The van der Waals surface area contributed by atoms with Gasteiger partial charge in [-0.3, -0.25) is 0 Å². The quantitative estimate of drug-likeness (QED) is 0.168. The van der Waals surface area contributed by atoms with Gasteiger partial charge in [-0.15, -0.1) is 0 Å². The van der Waals surface area contributed by atoms with Crippen molar-refractivity contribution in [1.82, 2.24) is 13.7 Å². The third-order valence-corrected chi connectivity index (χ3v) is 11.8. The van der Waals surface area contributed by atoms with Crippen molar-refractivity contribution in [3.05, 3.63) is 212 Å². The molecule has 3 aromatic heterocycles. The van der Waals surface area contributed by atoms with E-state index < -0.39 is 0 Å². The Balaban J connectivity index is 1.08. The largest absolute Gasteiger partial charge is 0.309 e. The van der Waals surface area contributed by atoms with Crippen molar-refractivity contribution in [2.24, 2.45) is 0 Å². The zero-order valence-corrected chi connectivity index (χ0v) is 31.0. The summed E-state index contributed by atoms with van der Waals surface area (Å²) in [5.41, 5.74) is 15.5. The van der Waals surface area contributed by atoms with E-state index in [2.05, 4.69) is 226 Å². The molecule has 3 heterocycles. The Morgan fingerprint density at radius 3 is 1.21 bits per heavy atom. The lowest BCUT2D eigenvalue weighted by Gasteiger charge is -2.12. The third kappa shape index (κ3) is 4.73. The molecule has 12 rings (SSSR count). The topological polar surface area (TPSA) is 14.8 Å². The number of hydrogen-bond donors (Lipinski definition) is 0. The summed E-state index contributed by atoms with van der Waals surface area (Å²) in [5, 5.41) is 7.58. The van der Waals surface area contributed by atoms with Gasteiger partial charge in [0, 0.05) is 49.4 Å². The summed E-state index contributed by atoms with van der Waals surface area (Å²) >= 11 is 0. The van der Waals surface area contributed by atoms with E-state index in [1.165, 1.54) is 93.4 Å². The first-order valence-electron chi connectivity index (χ1n) is 19.6. The fourth-order valence-electron chi connectivity index (χ4n) is 9.46. The van der Waals surface area contributed by atoms with Crippen molar-refractivity contribution in [2.75, 3.05) is 0 Å². The van der Waals surface area contributed by atoms with E-state index in [0.717, 1.165) is 11.4 Å². The first-order chi connectivity index (χ1) is 28.3. The van der Waals surface area contributed by atoms with Crippen molar-refractivity contribution in [3.63, 3.8) is 0 Å². The van der Waals surface area contributed by atoms with Crippen LogP contribution in [0.2, 0.25) is 0 Å². The summed E-state index contributed by atoms with van der Waals surface area (Å²) in [7, 11) is 0. The highest BCUT2D eigenvalue weighted by atomic mass is 15.0. The van der Waals surface area contributed by atoms with Crippen LogP contribution in [0.3, 0.4) is 0 Å². The minimum Gasteiger partial charge on any atom is -0.309 e. The Morgan fingerprint density at radius 2 is 0.614 bits per heavy atom. The summed E-state index contributed by atoms with van der Waals surface area (Å²) in [6.45, 7) is 0. The van der Waals surface area contributed by atoms with Crippen molar-refractivity contribution in [1.29, 1.82) is 0 Å². The molecule has 0 N–H and O–H groups in total. The number of fused-ring (bicyclic) bond motifs is 10. The number of benzene rings is 9. The molecule has 0 radical (unpaired) electrons. The van der Waals surface area contributed by atoms with Crippen LogP contribution < -0.4 is 0 Å². The lowest BCUT2D eigenvalue weighted by Crippen LogP contribution is -1.95. The molecule has 0 amide bonds. The molecule has 57 heavy (non-hydrogen) atoms. The molecule has 0 saturated heterocycles. The molecule has 0 atom stereocenters. The Labute approximate surface area is 329 Å². The minimum atomic E-state index is 1.14. The van der Waals surface area contributed by atoms with E-state index in [0.29, 0.717) is 0 Å². The average Bonchev–Trinajstić information content (AvgIpc) is 3.93. The summed E-state index contributed by atoms with van der Waals surface area (Å²) in [5.74, 6) is 0. The van der Waals surface area contributed by atoms with Crippen LogP contribution in [0.5, 0.6) is 0 Å². The fraction of sp³-hybridized carbons (Fsp3) is 0. The Morgan fingerprint density at radius 1 is 0.228 bits per heavy atom. The van der Waals surface area contributed by atoms with Gasteiger partial charge in [0.2, 0.25) is 0 Å². The van der Waals surface area contributed by atoms with Crippen LogP contribution in [0.1, 0.15) is 0 Å². The number of para-hydroxylation sites is 4. The SMILES string of the molecule is c1ccc(-c2cccc(-n3c4ccccc4c4c(-c5cccc(-n6c7ccccc7c7c8c9ccccc9n(-c9ccccc9)c8ccc76)c5)cccc43)c2)cc1. The van der Waals surface area contributed by atoms with Crippen LogP contribution in [0.25, 0.3) is 105 Å². The van der Waals surface area contributed by atoms with E-state index in [9.17, 15) is 0 Å². The number of aromatic nitrogens is 3. The fourth-order valence-corrected chi connectivity index (χ4v) is 9.46. The smallest absolute Gasteiger partial charge is 0.0548 e. The van der Waals surface area contributed by atoms with E-state index in [1.54, 1.807) is 0 Å². The Bertz CT molecular complexity index is 3510. The minimum absolute atomic E-state index is 1.14. The van der Waals surface area contributed by atoms with Crippen LogP contribution >= 0.6 is 0 Å². The molecule has 0 bridgehead atoms. The molecule has 9 aromatic carbocycles. The van der Waals surface area contributed by atoms with Gasteiger partial charge in [-0.1, -0.05) is 140 Å². The summed E-state index contributed by atoms with van der Waals surface area (Å²) in [6.07, 6.45) is 0. The van der Waals surface area contributed by atoms with Gasteiger partial charge >= 0.3 is 0 Å². The summed E-state index contributed by atoms with van der Waals surface area (Å²) < 4.78 is 7.29. The predicted molar refractivity (Wildman–Crippen MR) is 240 cm³/mol. The van der Waals surface area contributed by atoms with Crippen LogP contribution in [0.4, 0.5) is 0 Å². The second-order valence-electron chi connectivity index (χ2n) is 14.9. The van der Waals surface area contributed by atoms with Gasteiger partial charge in [-0.2, -0.15) is 0 Å². The maximum Gasteiger partial charge on any atom is 0.0548 e. The molecule has 0 aliphatic heterocycles. The molecule has 0 aliphatic carbocycles. The standard InChI is InChI=1S/C54H35N3/c1-3-16-36(17-4-1)37-18-13-22-40(34-37)56-46-28-10-7-24-43(46)52-42(27-15-31-49(52)56)38-19-14-23-41(35-38)57-48-30-12-9-26-45(48)54-51(57)33-32-50-53(54)44-25-8-11-29-47(44)55(50)39-20-5-2-6-21-39/h1-35H. The van der Waals surface area contributed by atoms with E-state index in [1.807, 2.05) is 0 Å². The van der Waals surface area contributed by atoms with Gasteiger partial charge in [0.15, 0.2) is 0 Å². The zero-order chi connectivity index (χ0) is 37.5. The van der Waals surface area contributed by atoms with Crippen molar-refractivity contribution >= 4 is 65.4 Å². The van der Waals surface area contributed by atoms with Crippen LogP contribution in [-0.4, -0.2) is 13.7 Å². The zero-order valence-electron chi connectivity index (χ0n) is 31.0. The molecule has 12 aromatic rings. The van der Waals surface area contributed by atoms with Gasteiger partial charge in [0.1, 0.15) is 0 Å². The van der Waals surface area contributed by atoms with Gasteiger partial charge in [-0.05, 0) is 95.1 Å². The van der Waals surface area contributed by atoms with Crippen LogP contribution in [0, 0.1) is 0 Å². The van der Waals surface area contributed by atoms with Gasteiger partial charge in [0.05, 0.1) is 33.1 Å². The number of nitrogens with zero attached hydrogens (tertiary/aromatic N) is 3.